The van der Waals surface area contributed by atoms with Crippen molar-refractivity contribution >= 4 is 23.2 Å². The van der Waals surface area contributed by atoms with Gasteiger partial charge in [0.2, 0.25) is 0 Å². The molecule has 6 heteroatoms. The normalized spacial score (nSPS) is 27.1. The summed E-state index contributed by atoms with van der Waals surface area (Å²) in [4.78, 5) is 0. The molecule has 0 aromatic heterocycles. The summed E-state index contributed by atoms with van der Waals surface area (Å²) in [6, 6.07) is 5.27. The zero-order chi connectivity index (χ0) is 16.3. The van der Waals surface area contributed by atoms with Gasteiger partial charge in [-0.25, -0.2) is 0 Å². The molecule has 0 spiro atoms. The first-order chi connectivity index (χ1) is 10.4. The van der Waals surface area contributed by atoms with Crippen molar-refractivity contribution in [2.24, 2.45) is 5.92 Å². The molecule has 2 rings (SSSR count). The monoisotopic (exact) mass is 348 g/mol. The molecule has 1 saturated heterocycles. The fourth-order valence-corrected chi connectivity index (χ4v) is 2.95. The SMILES string of the molecule is CC(C)[C@H]1OC[C@@H](OCc2cc(Cl)cc(Cl)c2)[C@@H](C(C)O)O1. The zero-order valence-electron chi connectivity index (χ0n) is 13.0. The van der Waals surface area contributed by atoms with Crippen molar-refractivity contribution in [1.29, 1.82) is 0 Å². The van der Waals surface area contributed by atoms with Gasteiger partial charge >= 0.3 is 0 Å². The Hall–Kier alpha value is -0.360. The Balaban J connectivity index is 1.98. The lowest BCUT2D eigenvalue weighted by Gasteiger charge is -2.39. The van der Waals surface area contributed by atoms with E-state index in [0.29, 0.717) is 23.3 Å². The minimum absolute atomic E-state index is 0.217. The Morgan fingerprint density at radius 3 is 2.41 bits per heavy atom. The first-order valence-corrected chi connectivity index (χ1v) is 8.14. The van der Waals surface area contributed by atoms with Gasteiger partial charge in [0.15, 0.2) is 6.29 Å². The molecule has 0 saturated carbocycles. The highest BCUT2D eigenvalue weighted by atomic mass is 35.5. The molecule has 22 heavy (non-hydrogen) atoms. The molecule has 1 aliphatic heterocycles. The smallest absolute Gasteiger partial charge is 0.160 e. The fourth-order valence-electron chi connectivity index (χ4n) is 2.38. The Morgan fingerprint density at radius 1 is 1.23 bits per heavy atom. The average molecular weight is 349 g/mol. The summed E-state index contributed by atoms with van der Waals surface area (Å²) in [5, 5.41) is 11.1. The van der Waals surface area contributed by atoms with Crippen molar-refractivity contribution in [2.75, 3.05) is 6.61 Å². The van der Waals surface area contributed by atoms with E-state index in [1.165, 1.54) is 0 Å². The Labute approximate surface area is 141 Å². The van der Waals surface area contributed by atoms with Gasteiger partial charge in [-0.3, -0.25) is 0 Å². The molecule has 4 atom stereocenters. The molecule has 1 unspecified atom stereocenters. The van der Waals surface area contributed by atoms with Crippen LogP contribution in [0.1, 0.15) is 26.3 Å². The van der Waals surface area contributed by atoms with E-state index in [-0.39, 0.29) is 18.3 Å². The summed E-state index contributed by atoms with van der Waals surface area (Å²) in [5.74, 6) is 0.217. The molecular weight excluding hydrogens is 327 g/mol. The third kappa shape index (κ3) is 4.82. The Kier molecular flexibility index (Phi) is 6.50. The van der Waals surface area contributed by atoms with Crippen molar-refractivity contribution in [1.82, 2.24) is 0 Å². The standard InChI is InChI=1S/C16H22Cl2O4/c1-9(2)16-21-8-14(15(22-16)10(3)19)20-7-11-4-12(17)6-13(18)5-11/h4-6,9-10,14-16,19H,7-8H2,1-3H3/t10?,14-,15-,16+/m1/s1. The topological polar surface area (TPSA) is 47.9 Å². The summed E-state index contributed by atoms with van der Waals surface area (Å²) < 4.78 is 17.3. The number of halogens is 2. The minimum Gasteiger partial charge on any atom is -0.391 e. The molecule has 0 aliphatic carbocycles. The molecule has 1 aromatic carbocycles. The lowest BCUT2D eigenvalue weighted by Crippen LogP contribution is -2.51. The van der Waals surface area contributed by atoms with E-state index >= 15 is 0 Å². The van der Waals surface area contributed by atoms with Crippen molar-refractivity contribution in [3.05, 3.63) is 33.8 Å². The van der Waals surface area contributed by atoms with Crippen LogP contribution in [0.3, 0.4) is 0 Å². The maximum absolute atomic E-state index is 9.93. The molecule has 0 amide bonds. The highest BCUT2D eigenvalue weighted by Crippen LogP contribution is 2.25. The van der Waals surface area contributed by atoms with Crippen LogP contribution in [-0.4, -0.2) is 36.3 Å². The van der Waals surface area contributed by atoms with E-state index in [1.807, 2.05) is 13.8 Å². The van der Waals surface area contributed by atoms with Gasteiger partial charge in [0, 0.05) is 16.0 Å². The van der Waals surface area contributed by atoms with Crippen LogP contribution in [0.25, 0.3) is 0 Å². The van der Waals surface area contributed by atoms with E-state index in [9.17, 15) is 5.11 Å². The van der Waals surface area contributed by atoms with Gasteiger partial charge in [-0.2, -0.15) is 0 Å². The van der Waals surface area contributed by atoms with Gasteiger partial charge in [0.05, 0.1) is 19.3 Å². The number of aliphatic hydroxyl groups is 1. The second-order valence-corrected chi connectivity index (χ2v) is 6.79. The lowest BCUT2D eigenvalue weighted by atomic mass is 10.1. The second-order valence-electron chi connectivity index (χ2n) is 5.91. The zero-order valence-corrected chi connectivity index (χ0v) is 14.5. The van der Waals surface area contributed by atoms with Gasteiger partial charge in [-0.15, -0.1) is 0 Å². The summed E-state index contributed by atoms with van der Waals surface area (Å²) >= 11 is 12.0. The van der Waals surface area contributed by atoms with E-state index in [1.54, 1.807) is 25.1 Å². The maximum Gasteiger partial charge on any atom is 0.160 e. The Bertz CT molecular complexity index is 473. The van der Waals surface area contributed by atoms with Crippen LogP contribution in [0.5, 0.6) is 0 Å². The van der Waals surface area contributed by atoms with Crippen LogP contribution < -0.4 is 0 Å². The molecule has 0 radical (unpaired) electrons. The molecule has 1 aromatic rings. The quantitative estimate of drug-likeness (QED) is 0.881. The largest absolute Gasteiger partial charge is 0.391 e. The highest BCUT2D eigenvalue weighted by molar-refractivity contribution is 6.34. The van der Waals surface area contributed by atoms with Gasteiger partial charge < -0.3 is 19.3 Å². The van der Waals surface area contributed by atoms with Gasteiger partial charge in [0.1, 0.15) is 12.2 Å². The predicted molar refractivity (Wildman–Crippen MR) is 86.2 cm³/mol. The summed E-state index contributed by atoms with van der Waals surface area (Å²) in [6.45, 7) is 6.43. The fraction of sp³-hybridized carbons (Fsp3) is 0.625. The number of hydrogen-bond donors (Lipinski definition) is 1. The summed E-state index contributed by atoms with van der Waals surface area (Å²) in [5.41, 5.74) is 0.868. The van der Waals surface area contributed by atoms with Gasteiger partial charge in [-0.05, 0) is 30.7 Å². The van der Waals surface area contributed by atoms with Crippen molar-refractivity contribution in [2.45, 2.75) is 52.0 Å². The lowest BCUT2D eigenvalue weighted by molar-refractivity contribution is -0.291. The molecule has 4 nitrogen and oxygen atoms in total. The summed E-state index contributed by atoms with van der Waals surface area (Å²) in [7, 11) is 0. The van der Waals surface area contributed by atoms with Crippen LogP contribution in [0.2, 0.25) is 10.0 Å². The van der Waals surface area contributed by atoms with Crippen LogP contribution in [0.4, 0.5) is 0 Å². The number of rotatable bonds is 5. The Morgan fingerprint density at radius 2 is 1.86 bits per heavy atom. The minimum atomic E-state index is -0.641. The number of aliphatic hydroxyl groups excluding tert-OH is 1. The van der Waals surface area contributed by atoms with Gasteiger partial charge in [0.25, 0.3) is 0 Å². The second kappa shape index (κ2) is 7.95. The van der Waals surface area contributed by atoms with Crippen LogP contribution in [0, 0.1) is 5.92 Å². The summed E-state index contributed by atoms with van der Waals surface area (Å²) in [6.07, 6.45) is -1.72. The molecule has 124 valence electrons. The van der Waals surface area contributed by atoms with E-state index in [2.05, 4.69) is 0 Å². The van der Waals surface area contributed by atoms with Crippen molar-refractivity contribution in [3.8, 4) is 0 Å². The third-order valence-corrected chi connectivity index (χ3v) is 3.93. The molecule has 1 heterocycles. The van der Waals surface area contributed by atoms with Gasteiger partial charge in [-0.1, -0.05) is 37.0 Å². The molecule has 1 fully saturated rings. The number of benzene rings is 1. The van der Waals surface area contributed by atoms with Crippen molar-refractivity contribution < 1.29 is 19.3 Å². The molecular formula is C16H22Cl2O4. The van der Waals surface area contributed by atoms with Crippen molar-refractivity contribution in [3.63, 3.8) is 0 Å². The van der Waals surface area contributed by atoms with Crippen LogP contribution in [-0.2, 0) is 20.8 Å². The van der Waals surface area contributed by atoms with Crippen LogP contribution in [0.15, 0.2) is 18.2 Å². The van der Waals surface area contributed by atoms with E-state index in [4.69, 9.17) is 37.4 Å². The first-order valence-electron chi connectivity index (χ1n) is 7.38. The molecule has 1 N–H and O–H groups in total. The van der Waals surface area contributed by atoms with Crippen LogP contribution >= 0.6 is 23.2 Å². The van der Waals surface area contributed by atoms with E-state index < -0.39 is 12.2 Å². The number of hydrogen-bond acceptors (Lipinski definition) is 4. The molecule has 0 bridgehead atoms. The predicted octanol–water partition coefficient (Wildman–Crippen LogP) is 3.66. The third-order valence-electron chi connectivity index (χ3n) is 3.49. The number of ether oxygens (including phenoxy) is 3. The average Bonchev–Trinajstić information content (AvgIpc) is 2.43. The maximum atomic E-state index is 9.93. The first kappa shape index (κ1) is 18.0. The van der Waals surface area contributed by atoms with E-state index in [0.717, 1.165) is 5.56 Å². The highest BCUT2D eigenvalue weighted by Gasteiger charge is 2.36. The molecule has 1 aliphatic rings.